The van der Waals surface area contributed by atoms with Crippen molar-refractivity contribution >= 4 is 11.5 Å². The molecule has 0 aliphatic rings. The van der Waals surface area contributed by atoms with Gasteiger partial charge in [0.25, 0.3) is 5.56 Å². The summed E-state index contributed by atoms with van der Waals surface area (Å²) in [5.41, 5.74) is 8.98. The van der Waals surface area contributed by atoms with Crippen LogP contribution < -0.4 is 21.9 Å². The summed E-state index contributed by atoms with van der Waals surface area (Å²) < 4.78 is 1.41. The molecule has 0 amide bonds. The molecule has 0 bridgehead atoms. The van der Waals surface area contributed by atoms with Crippen LogP contribution in [0.1, 0.15) is 43.4 Å². The van der Waals surface area contributed by atoms with Crippen LogP contribution in [0.5, 0.6) is 0 Å². The predicted molar refractivity (Wildman–Crippen MR) is 119 cm³/mol. The largest absolute Gasteiger partial charge is 0.383 e. The topological polar surface area (TPSA) is 84.1 Å². The maximum atomic E-state index is 12.6. The number of hydrogen-bond donors (Lipinski definition) is 2. The molecule has 3 aromatic rings. The quantitative estimate of drug-likeness (QED) is 0.646. The van der Waals surface area contributed by atoms with E-state index in [2.05, 4.69) is 43.1 Å². The van der Waals surface area contributed by atoms with Gasteiger partial charge in [-0.3, -0.25) is 14.3 Å². The Labute approximate surface area is 170 Å². The van der Waals surface area contributed by atoms with Gasteiger partial charge in [0.05, 0.1) is 6.54 Å². The van der Waals surface area contributed by atoms with Crippen molar-refractivity contribution in [2.75, 3.05) is 17.2 Å². The molecule has 0 spiro atoms. The van der Waals surface area contributed by atoms with Crippen LogP contribution in [-0.2, 0) is 13.1 Å². The average Bonchev–Trinajstić information content (AvgIpc) is 2.71. The van der Waals surface area contributed by atoms with E-state index in [-0.39, 0.29) is 5.82 Å². The van der Waals surface area contributed by atoms with E-state index in [0.29, 0.717) is 31.2 Å². The van der Waals surface area contributed by atoms with Gasteiger partial charge in [-0.15, -0.1) is 0 Å². The van der Waals surface area contributed by atoms with Crippen LogP contribution in [0.15, 0.2) is 64.2 Å². The minimum absolute atomic E-state index is 0.184. The molecule has 0 radical (unpaired) electrons. The van der Waals surface area contributed by atoms with E-state index in [0.717, 1.165) is 11.1 Å². The molecule has 0 saturated carbocycles. The molecule has 6 heteroatoms. The Morgan fingerprint density at radius 1 is 1.00 bits per heavy atom. The van der Waals surface area contributed by atoms with Crippen molar-refractivity contribution in [3.05, 3.63) is 92.1 Å². The fourth-order valence-electron chi connectivity index (χ4n) is 3.38. The van der Waals surface area contributed by atoms with Gasteiger partial charge in [-0.05, 0) is 29.5 Å². The number of rotatable bonds is 7. The van der Waals surface area contributed by atoms with E-state index in [1.807, 2.05) is 42.2 Å². The number of H-pyrrole nitrogens is 1. The van der Waals surface area contributed by atoms with Gasteiger partial charge in [0.1, 0.15) is 11.5 Å². The monoisotopic (exact) mass is 392 g/mol. The number of nitrogens with two attached hydrogens (primary N) is 1. The first kappa shape index (κ1) is 20.5. The Morgan fingerprint density at radius 2 is 1.66 bits per heavy atom. The van der Waals surface area contributed by atoms with Crippen LogP contribution in [0, 0.1) is 0 Å². The number of nitrogens with one attached hydrogen (secondary N) is 1. The van der Waals surface area contributed by atoms with Crippen LogP contribution in [0.4, 0.5) is 11.5 Å². The van der Waals surface area contributed by atoms with Crippen molar-refractivity contribution in [1.82, 2.24) is 9.55 Å². The second kappa shape index (κ2) is 8.82. The lowest BCUT2D eigenvalue weighted by Crippen LogP contribution is -2.38. The Hall–Kier alpha value is -3.28. The summed E-state index contributed by atoms with van der Waals surface area (Å²) in [6.07, 6.45) is 0. The number of nitrogen functional groups attached to an aromatic ring is 1. The molecule has 3 rings (SSSR count). The van der Waals surface area contributed by atoms with Crippen molar-refractivity contribution in [2.45, 2.75) is 39.8 Å². The summed E-state index contributed by atoms with van der Waals surface area (Å²) in [4.78, 5) is 29.3. The van der Waals surface area contributed by atoms with Crippen molar-refractivity contribution in [3.63, 3.8) is 0 Å². The van der Waals surface area contributed by atoms with Crippen molar-refractivity contribution in [2.24, 2.45) is 0 Å². The zero-order valence-corrected chi connectivity index (χ0v) is 17.2. The number of aromatic nitrogens is 2. The SMILES string of the molecule is CCN(Cc1ccc(C(C)C)cc1)c1c(N)n(Cc2ccccc2)c(=O)[nH]c1=O. The second-order valence-corrected chi connectivity index (χ2v) is 7.48. The van der Waals surface area contributed by atoms with Crippen LogP contribution in [0.25, 0.3) is 0 Å². The van der Waals surface area contributed by atoms with Crippen molar-refractivity contribution < 1.29 is 0 Å². The fraction of sp³-hybridized carbons (Fsp3) is 0.304. The summed E-state index contributed by atoms with van der Waals surface area (Å²) in [7, 11) is 0. The van der Waals surface area contributed by atoms with Gasteiger partial charge in [-0.2, -0.15) is 0 Å². The van der Waals surface area contributed by atoms with Gasteiger partial charge in [0, 0.05) is 13.1 Å². The number of anilines is 2. The van der Waals surface area contributed by atoms with Crippen LogP contribution in [0.2, 0.25) is 0 Å². The lowest BCUT2D eigenvalue weighted by atomic mass is 10.0. The molecule has 152 valence electrons. The number of nitrogens with zero attached hydrogens (tertiary/aromatic N) is 2. The molecule has 3 N–H and O–H groups in total. The van der Waals surface area contributed by atoms with Crippen molar-refractivity contribution in [3.8, 4) is 0 Å². The maximum Gasteiger partial charge on any atom is 0.330 e. The van der Waals surface area contributed by atoms with Crippen molar-refractivity contribution in [1.29, 1.82) is 0 Å². The zero-order valence-electron chi connectivity index (χ0n) is 17.2. The van der Waals surface area contributed by atoms with Gasteiger partial charge in [0.15, 0.2) is 0 Å². The molecule has 1 aromatic heterocycles. The standard InChI is InChI=1S/C23H28N4O2/c1-4-26(14-18-10-12-19(13-11-18)16(2)3)20-21(24)27(23(29)25-22(20)28)15-17-8-6-5-7-9-17/h5-13,16H,4,14-15,24H2,1-3H3,(H,25,28,29). The van der Waals surface area contributed by atoms with Gasteiger partial charge < -0.3 is 10.6 Å². The van der Waals surface area contributed by atoms with Gasteiger partial charge in [0.2, 0.25) is 0 Å². The average molecular weight is 393 g/mol. The highest BCUT2D eigenvalue weighted by molar-refractivity contribution is 5.62. The summed E-state index contributed by atoms with van der Waals surface area (Å²) in [6.45, 7) is 7.70. The van der Waals surface area contributed by atoms with Gasteiger partial charge >= 0.3 is 5.69 Å². The Kier molecular flexibility index (Phi) is 6.22. The highest BCUT2D eigenvalue weighted by Crippen LogP contribution is 2.21. The highest BCUT2D eigenvalue weighted by Gasteiger charge is 2.18. The molecule has 1 heterocycles. The number of aromatic amines is 1. The molecule has 0 unspecified atom stereocenters. The van der Waals surface area contributed by atoms with E-state index in [1.54, 1.807) is 0 Å². The Morgan fingerprint density at radius 3 is 2.24 bits per heavy atom. The minimum atomic E-state index is -0.502. The molecule has 2 aromatic carbocycles. The first-order chi connectivity index (χ1) is 13.9. The minimum Gasteiger partial charge on any atom is -0.383 e. The van der Waals surface area contributed by atoms with Crippen LogP contribution >= 0.6 is 0 Å². The molecule has 0 aliphatic carbocycles. The zero-order chi connectivity index (χ0) is 21.0. The number of benzene rings is 2. The normalized spacial score (nSPS) is 11.0. The smallest absolute Gasteiger partial charge is 0.330 e. The molecular weight excluding hydrogens is 364 g/mol. The van der Waals surface area contributed by atoms with Gasteiger partial charge in [-0.25, -0.2) is 4.79 Å². The highest BCUT2D eigenvalue weighted by atomic mass is 16.2. The maximum absolute atomic E-state index is 12.6. The first-order valence-electron chi connectivity index (χ1n) is 9.91. The summed E-state index contributed by atoms with van der Waals surface area (Å²) >= 11 is 0. The first-order valence-corrected chi connectivity index (χ1v) is 9.91. The molecule has 0 atom stereocenters. The molecule has 6 nitrogen and oxygen atoms in total. The lowest BCUT2D eigenvalue weighted by Gasteiger charge is -2.25. The van der Waals surface area contributed by atoms with E-state index < -0.39 is 11.2 Å². The summed E-state index contributed by atoms with van der Waals surface area (Å²) in [6, 6.07) is 17.9. The Balaban J connectivity index is 1.96. The van der Waals surface area contributed by atoms with E-state index >= 15 is 0 Å². The summed E-state index contributed by atoms with van der Waals surface area (Å²) in [5.74, 6) is 0.648. The summed E-state index contributed by atoms with van der Waals surface area (Å²) in [5, 5.41) is 0. The Bertz CT molecular complexity index is 1070. The van der Waals surface area contributed by atoms with Crippen LogP contribution in [-0.4, -0.2) is 16.1 Å². The molecular formula is C23H28N4O2. The van der Waals surface area contributed by atoms with E-state index in [9.17, 15) is 9.59 Å². The third-order valence-corrected chi connectivity index (χ3v) is 5.12. The third kappa shape index (κ3) is 4.59. The fourth-order valence-corrected chi connectivity index (χ4v) is 3.38. The third-order valence-electron chi connectivity index (χ3n) is 5.12. The lowest BCUT2D eigenvalue weighted by molar-refractivity contribution is 0.718. The second-order valence-electron chi connectivity index (χ2n) is 7.48. The molecule has 0 aliphatic heterocycles. The van der Waals surface area contributed by atoms with Crippen LogP contribution in [0.3, 0.4) is 0 Å². The van der Waals surface area contributed by atoms with E-state index in [1.165, 1.54) is 10.1 Å². The molecule has 29 heavy (non-hydrogen) atoms. The van der Waals surface area contributed by atoms with Gasteiger partial charge in [-0.1, -0.05) is 68.4 Å². The number of hydrogen-bond acceptors (Lipinski definition) is 4. The predicted octanol–water partition coefficient (Wildman–Crippen LogP) is 3.32. The van der Waals surface area contributed by atoms with E-state index in [4.69, 9.17) is 5.73 Å². The molecule has 0 saturated heterocycles. The molecule has 0 fully saturated rings.